The van der Waals surface area contributed by atoms with E-state index in [0.717, 1.165) is 5.39 Å². The lowest BCUT2D eigenvalue weighted by molar-refractivity contribution is 0.224. The van der Waals surface area contributed by atoms with Gasteiger partial charge in [-0.25, -0.2) is 4.39 Å². The molecule has 0 saturated heterocycles. The van der Waals surface area contributed by atoms with Crippen LogP contribution < -0.4 is 0 Å². The molecule has 2 nitrogen and oxygen atoms in total. The van der Waals surface area contributed by atoms with Crippen LogP contribution in [0.15, 0.2) is 24.4 Å². The predicted molar refractivity (Wildman–Crippen MR) is 54.1 cm³/mol. The van der Waals surface area contributed by atoms with Crippen LogP contribution in [0.25, 0.3) is 10.9 Å². The molecule has 0 bridgehead atoms. The Morgan fingerprint density at radius 3 is 2.71 bits per heavy atom. The fraction of sp³-hybridized carbons (Fsp3) is 0.273. The van der Waals surface area contributed by atoms with E-state index in [-0.39, 0.29) is 5.75 Å². The molecule has 2 rings (SSSR count). The minimum absolute atomic E-state index is 0.151. The molecule has 2 aromatic rings. The fourth-order valence-corrected chi connectivity index (χ4v) is 1.63. The van der Waals surface area contributed by atoms with Crippen molar-refractivity contribution in [2.75, 3.05) is 0 Å². The van der Waals surface area contributed by atoms with E-state index in [9.17, 15) is 9.50 Å². The minimum Gasteiger partial charge on any atom is -0.506 e. The maximum atomic E-state index is 13.7. The normalized spacial score (nSPS) is 12.2. The number of hydrogen-bond acceptors (Lipinski definition) is 1. The van der Waals surface area contributed by atoms with Gasteiger partial charge in [0.2, 0.25) is 0 Å². The first-order chi connectivity index (χ1) is 6.50. The van der Waals surface area contributed by atoms with Crippen molar-refractivity contribution >= 4 is 10.9 Å². The number of phenolic OH excluding ortho intramolecular Hbond substituents is 1. The third kappa shape index (κ3) is 1.25. The Morgan fingerprint density at radius 1 is 1.36 bits per heavy atom. The summed E-state index contributed by atoms with van der Waals surface area (Å²) in [4.78, 5) is 2.87. The molecule has 0 spiro atoms. The van der Waals surface area contributed by atoms with Crippen molar-refractivity contribution in [3.8, 4) is 5.75 Å². The van der Waals surface area contributed by atoms with E-state index >= 15 is 0 Å². The third-order valence-corrected chi connectivity index (χ3v) is 2.33. The van der Waals surface area contributed by atoms with E-state index < -0.39 is 5.67 Å². The molecule has 1 aromatic carbocycles. The molecule has 14 heavy (non-hydrogen) atoms. The first kappa shape index (κ1) is 9.06. The first-order valence-corrected chi connectivity index (χ1v) is 4.48. The van der Waals surface area contributed by atoms with Crippen LogP contribution in [0.4, 0.5) is 4.39 Å². The monoisotopic (exact) mass is 193 g/mol. The summed E-state index contributed by atoms with van der Waals surface area (Å²) < 4.78 is 13.7. The van der Waals surface area contributed by atoms with Crippen LogP contribution in [-0.4, -0.2) is 10.1 Å². The molecule has 0 aliphatic rings. The highest BCUT2D eigenvalue weighted by Crippen LogP contribution is 2.34. The molecule has 0 radical (unpaired) electrons. The average Bonchev–Trinajstić information content (AvgIpc) is 2.47. The fourth-order valence-electron chi connectivity index (χ4n) is 1.63. The van der Waals surface area contributed by atoms with Crippen LogP contribution in [0.1, 0.15) is 19.4 Å². The van der Waals surface area contributed by atoms with Crippen molar-refractivity contribution in [3.05, 3.63) is 30.0 Å². The Balaban J connectivity index is 2.76. The number of benzene rings is 1. The molecule has 1 aromatic heterocycles. The van der Waals surface area contributed by atoms with Crippen LogP contribution in [-0.2, 0) is 5.67 Å². The van der Waals surface area contributed by atoms with Gasteiger partial charge in [-0.15, -0.1) is 0 Å². The number of hydrogen-bond donors (Lipinski definition) is 2. The Morgan fingerprint density at radius 2 is 2.07 bits per heavy atom. The Hall–Kier alpha value is -1.51. The summed E-state index contributed by atoms with van der Waals surface area (Å²) in [6.45, 7) is 3.00. The molecule has 3 heteroatoms. The van der Waals surface area contributed by atoms with Crippen molar-refractivity contribution in [3.63, 3.8) is 0 Å². The molecule has 0 unspecified atom stereocenters. The van der Waals surface area contributed by atoms with Gasteiger partial charge in [0.05, 0.1) is 5.52 Å². The molecular weight excluding hydrogens is 181 g/mol. The molecule has 0 saturated carbocycles. The number of para-hydroxylation sites is 1. The van der Waals surface area contributed by atoms with Gasteiger partial charge in [-0.1, -0.05) is 12.1 Å². The van der Waals surface area contributed by atoms with Crippen molar-refractivity contribution in [1.82, 2.24) is 4.98 Å². The second kappa shape index (κ2) is 2.74. The largest absolute Gasteiger partial charge is 0.506 e. The lowest BCUT2D eigenvalue weighted by Gasteiger charge is -2.12. The molecule has 0 atom stereocenters. The number of halogens is 1. The van der Waals surface area contributed by atoms with E-state index in [1.165, 1.54) is 13.8 Å². The molecule has 74 valence electrons. The molecule has 2 N–H and O–H groups in total. The van der Waals surface area contributed by atoms with Gasteiger partial charge in [0, 0.05) is 17.1 Å². The lowest BCUT2D eigenvalue weighted by Crippen LogP contribution is -2.07. The van der Waals surface area contributed by atoms with E-state index in [4.69, 9.17) is 0 Å². The average molecular weight is 193 g/mol. The maximum Gasteiger partial charge on any atom is 0.139 e. The van der Waals surface area contributed by atoms with Crippen LogP contribution in [0.2, 0.25) is 0 Å². The van der Waals surface area contributed by atoms with Gasteiger partial charge in [0.1, 0.15) is 11.4 Å². The molecule has 0 aliphatic heterocycles. The van der Waals surface area contributed by atoms with E-state index in [2.05, 4.69) is 4.98 Å². The lowest BCUT2D eigenvalue weighted by atomic mass is 10.00. The number of H-pyrrole nitrogens is 1. The topological polar surface area (TPSA) is 36.0 Å². The van der Waals surface area contributed by atoms with Crippen molar-refractivity contribution in [2.45, 2.75) is 19.5 Å². The second-order valence-corrected chi connectivity index (χ2v) is 3.87. The Kier molecular flexibility index (Phi) is 1.77. The van der Waals surface area contributed by atoms with E-state index in [1.807, 2.05) is 0 Å². The smallest absolute Gasteiger partial charge is 0.139 e. The standard InChI is InChI=1S/C11H12FNO/c1-11(2,12)8-6-13-10-7(8)4-3-5-9(10)14/h3-6,13-14H,1-2H3. The molecule has 0 aliphatic carbocycles. The Bertz CT molecular complexity index is 468. The third-order valence-electron chi connectivity index (χ3n) is 2.33. The number of aromatic amines is 1. The van der Waals surface area contributed by atoms with Crippen LogP contribution in [0.3, 0.4) is 0 Å². The highest BCUT2D eigenvalue weighted by atomic mass is 19.1. The van der Waals surface area contributed by atoms with Gasteiger partial charge < -0.3 is 10.1 Å². The first-order valence-electron chi connectivity index (χ1n) is 4.48. The van der Waals surface area contributed by atoms with Gasteiger partial charge >= 0.3 is 0 Å². The van der Waals surface area contributed by atoms with Crippen LogP contribution in [0.5, 0.6) is 5.75 Å². The number of phenols is 1. The predicted octanol–water partition coefficient (Wildman–Crippen LogP) is 3.08. The van der Waals surface area contributed by atoms with E-state index in [1.54, 1.807) is 24.4 Å². The van der Waals surface area contributed by atoms with E-state index in [0.29, 0.717) is 11.1 Å². The summed E-state index contributed by atoms with van der Waals surface area (Å²) in [7, 11) is 0. The number of aromatic nitrogens is 1. The summed E-state index contributed by atoms with van der Waals surface area (Å²) in [5, 5.41) is 10.2. The number of fused-ring (bicyclic) bond motifs is 1. The van der Waals surface area contributed by atoms with Gasteiger partial charge in [-0.3, -0.25) is 0 Å². The second-order valence-electron chi connectivity index (χ2n) is 3.87. The maximum absolute atomic E-state index is 13.7. The minimum atomic E-state index is -1.40. The number of alkyl halides is 1. The summed E-state index contributed by atoms with van der Waals surface area (Å²) in [6.07, 6.45) is 1.60. The zero-order chi connectivity index (χ0) is 10.3. The molecule has 0 amide bonds. The Labute approximate surface area is 81.4 Å². The zero-order valence-electron chi connectivity index (χ0n) is 8.13. The zero-order valence-corrected chi connectivity index (χ0v) is 8.13. The van der Waals surface area contributed by atoms with Gasteiger partial charge in [0.25, 0.3) is 0 Å². The molecular formula is C11H12FNO. The van der Waals surface area contributed by atoms with Crippen molar-refractivity contribution in [1.29, 1.82) is 0 Å². The number of aromatic hydroxyl groups is 1. The summed E-state index contributed by atoms with van der Waals surface area (Å²) >= 11 is 0. The van der Waals surface area contributed by atoms with Crippen LogP contribution >= 0.6 is 0 Å². The van der Waals surface area contributed by atoms with Crippen molar-refractivity contribution < 1.29 is 9.50 Å². The van der Waals surface area contributed by atoms with Crippen LogP contribution in [0, 0.1) is 0 Å². The SMILES string of the molecule is CC(C)(F)c1c[nH]c2c(O)cccc12. The van der Waals surface area contributed by atoms with Gasteiger partial charge in [-0.2, -0.15) is 0 Å². The summed E-state index contributed by atoms with van der Waals surface area (Å²) in [5.41, 5.74) is -0.233. The molecule has 0 fully saturated rings. The van der Waals surface area contributed by atoms with Gasteiger partial charge in [-0.05, 0) is 19.9 Å². The summed E-state index contributed by atoms with van der Waals surface area (Å²) in [5.74, 6) is 0.151. The van der Waals surface area contributed by atoms with Crippen molar-refractivity contribution in [2.24, 2.45) is 0 Å². The number of rotatable bonds is 1. The summed E-state index contributed by atoms with van der Waals surface area (Å²) in [6, 6.07) is 5.08. The number of nitrogens with one attached hydrogen (secondary N) is 1. The highest BCUT2D eigenvalue weighted by molar-refractivity contribution is 5.88. The molecule has 1 heterocycles. The highest BCUT2D eigenvalue weighted by Gasteiger charge is 2.23. The quantitative estimate of drug-likeness (QED) is 0.717. The van der Waals surface area contributed by atoms with Gasteiger partial charge in [0.15, 0.2) is 0 Å².